The van der Waals surface area contributed by atoms with E-state index in [1.54, 1.807) is 6.20 Å². The van der Waals surface area contributed by atoms with Crippen molar-refractivity contribution in [2.45, 2.75) is 13.8 Å². The molecule has 0 bridgehead atoms. The van der Waals surface area contributed by atoms with E-state index in [4.69, 9.17) is 5.26 Å². The normalized spacial score (nSPS) is 8.90. The third-order valence-corrected chi connectivity index (χ3v) is 1.37. The van der Waals surface area contributed by atoms with Crippen molar-refractivity contribution in [3.05, 3.63) is 29.1 Å². The minimum Gasteiger partial charge on any atom is -0.254 e. The molecule has 10 heavy (non-hydrogen) atoms. The molecule has 2 heteroatoms. The Morgan fingerprint density at radius 2 is 2.30 bits per heavy atom. The van der Waals surface area contributed by atoms with Crippen LogP contribution in [0.5, 0.6) is 0 Å². The van der Waals surface area contributed by atoms with Crippen LogP contribution < -0.4 is 0 Å². The van der Waals surface area contributed by atoms with Gasteiger partial charge in [0.1, 0.15) is 0 Å². The monoisotopic (exact) mass is 131 g/mol. The number of hydrogen-bond donors (Lipinski definition) is 0. The highest BCUT2D eigenvalue weighted by molar-refractivity contribution is 5.39. The number of aromatic nitrogens is 1. The van der Waals surface area contributed by atoms with Crippen molar-refractivity contribution in [2.24, 2.45) is 0 Å². The average molecular weight is 131 g/mol. The van der Waals surface area contributed by atoms with Crippen LogP contribution >= 0.6 is 0 Å². The topological polar surface area (TPSA) is 36.7 Å². The molecule has 1 rings (SSSR count). The van der Waals surface area contributed by atoms with E-state index in [1.165, 1.54) is 0 Å². The maximum atomic E-state index is 8.60. The Labute approximate surface area is 60.1 Å². The van der Waals surface area contributed by atoms with Gasteiger partial charge in [0.15, 0.2) is 0 Å². The van der Waals surface area contributed by atoms with Gasteiger partial charge >= 0.3 is 0 Å². The van der Waals surface area contributed by atoms with E-state index in [-0.39, 0.29) is 0 Å². The maximum absolute atomic E-state index is 8.60. The number of aryl methyl sites for hydroxylation is 2. The second-order valence-corrected chi connectivity index (χ2v) is 2.16. The first-order chi connectivity index (χ1) is 4.75. The van der Waals surface area contributed by atoms with Crippen molar-refractivity contribution in [1.82, 2.24) is 4.98 Å². The van der Waals surface area contributed by atoms with Gasteiger partial charge in [0.2, 0.25) is 0 Å². The van der Waals surface area contributed by atoms with Crippen molar-refractivity contribution < 1.29 is 0 Å². The van der Waals surface area contributed by atoms with E-state index >= 15 is 0 Å². The molecule has 0 saturated heterocycles. The fourth-order valence-corrected chi connectivity index (χ4v) is 0.814. The zero-order valence-electron chi connectivity index (χ0n) is 5.97. The van der Waals surface area contributed by atoms with Crippen LogP contribution in [0.1, 0.15) is 16.7 Å². The minimum absolute atomic E-state index is 0.690. The summed E-state index contributed by atoms with van der Waals surface area (Å²) >= 11 is 0. The third kappa shape index (κ3) is 0.985. The van der Waals surface area contributed by atoms with Crippen molar-refractivity contribution in [2.75, 3.05) is 0 Å². The van der Waals surface area contributed by atoms with Crippen LogP contribution in [0.2, 0.25) is 0 Å². The Morgan fingerprint density at radius 1 is 1.60 bits per heavy atom. The number of rotatable bonds is 0. The van der Waals surface area contributed by atoms with E-state index < -0.39 is 0 Å². The molecule has 2 nitrogen and oxygen atoms in total. The smallest absolute Gasteiger partial charge is 0.0998 e. The molecule has 1 aromatic heterocycles. The predicted molar refractivity (Wildman–Crippen MR) is 37.3 cm³/mol. The highest BCUT2D eigenvalue weighted by atomic mass is 14.6. The molecular weight excluding hydrogens is 124 g/mol. The first-order valence-corrected chi connectivity index (χ1v) is 2.99. The molecular formula is C8H7N2. The summed E-state index contributed by atoms with van der Waals surface area (Å²) in [5.74, 6) is 0. The van der Waals surface area contributed by atoms with Gasteiger partial charge in [-0.05, 0) is 25.0 Å². The minimum atomic E-state index is 0.690. The zero-order valence-corrected chi connectivity index (χ0v) is 5.97. The lowest BCUT2D eigenvalue weighted by molar-refractivity contribution is 1.18. The fourth-order valence-electron chi connectivity index (χ4n) is 0.814. The van der Waals surface area contributed by atoms with Gasteiger partial charge in [-0.3, -0.25) is 4.98 Å². The van der Waals surface area contributed by atoms with E-state index in [2.05, 4.69) is 17.3 Å². The second kappa shape index (κ2) is 2.49. The molecule has 0 saturated carbocycles. The van der Waals surface area contributed by atoms with Gasteiger partial charge < -0.3 is 0 Å². The second-order valence-electron chi connectivity index (χ2n) is 2.16. The molecule has 0 fully saturated rings. The van der Waals surface area contributed by atoms with E-state index in [0.29, 0.717) is 5.56 Å². The summed E-state index contributed by atoms with van der Waals surface area (Å²) in [5.41, 5.74) is 2.43. The average Bonchev–Trinajstić information content (AvgIpc) is 1.88. The van der Waals surface area contributed by atoms with E-state index in [1.807, 2.05) is 13.8 Å². The predicted octanol–water partition coefficient (Wildman–Crippen LogP) is 1.37. The van der Waals surface area contributed by atoms with Gasteiger partial charge in [-0.25, -0.2) is 0 Å². The number of pyridine rings is 1. The van der Waals surface area contributed by atoms with Crippen LogP contribution in [-0.2, 0) is 0 Å². The summed E-state index contributed by atoms with van der Waals surface area (Å²) in [5, 5.41) is 8.60. The van der Waals surface area contributed by atoms with E-state index in [0.717, 1.165) is 11.1 Å². The molecule has 0 amide bonds. The summed E-state index contributed by atoms with van der Waals surface area (Å²) in [6.45, 7) is 3.70. The van der Waals surface area contributed by atoms with Crippen molar-refractivity contribution in [3.63, 3.8) is 0 Å². The summed E-state index contributed by atoms with van der Waals surface area (Å²) in [4.78, 5) is 3.82. The Morgan fingerprint density at radius 3 is 2.70 bits per heavy atom. The Hall–Kier alpha value is -1.36. The Bertz CT molecular complexity index is 264. The zero-order chi connectivity index (χ0) is 7.56. The number of nitriles is 1. The van der Waals surface area contributed by atoms with Crippen LogP contribution in [0.4, 0.5) is 0 Å². The van der Waals surface area contributed by atoms with Crippen LogP contribution in [0.15, 0.2) is 6.20 Å². The van der Waals surface area contributed by atoms with Crippen molar-refractivity contribution >= 4 is 0 Å². The highest BCUT2D eigenvalue weighted by Crippen LogP contribution is 2.07. The largest absolute Gasteiger partial charge is 0.254 e. The summed E-state index contributed by atoms with van der Waals surface area (Å²) in [7, 11) is 0. The molecule has 1 aromatic rings. The molecule has 0 spiro atoms. The third-order valence-electron chi connectivity index (χ3n) is 1.37. The van der Waals surface area contributed by atoms with Gasteiger partial charge in [-0.15, -0.1) is 0 Å². The van der Waals surface area contributed by atoms with Crippen molar-refractivity contribution in [1.29, 1.82) is 5.26 Å². The molecule has 1 radical (unpaired) electrons. The van der Waals surface area contributed by atoms with Crippen LogP contribution in [0, 0.1) is 31.4 Å². The maximum Gasteiger partial charge on any atom is 0.0998 e. The van der Waals surface area contributed by atoms with Gasteiger partial charge in [-0.2, -0.15) is 5.26 Å². The molecule has 0 aliphatic carbocycles. The van der Waals surface area contributed by atoms with Gasteiger partial charge in [0.05, 0.1) is 17.8 Å². The van der Waals surface area contributed by atoms with Gasteiger partial charge in [0.25, 0.3) is 0 Å². The molecule has 0 aromatic carbocycles. The molecule has 0 N–H and O–H groups in total. The highest BCUT2D eigenvalue weighted by Gasteiger charge is 1.99. The Balaban J connectivity index is 3.34. The molecule has 1 heterocycles. The van der Waals surface area contributed by atoms with Crippen LogP contribution in [0.3, 0.4) is 0 Å². The summed E-state index contributed by atoms with van der Waals surface area (Å²) < 4.78 is 0. The standard InChI is InChI=1S/C8H7N2/c1-6-4-10-5-7(2)8(6)3-9/h4H,1-2H3. The molecule has 49 valence electrons. The first kappa shape index (κ1) is 6.76. The lowest BCUT2D eigenvalue weighted by atomic mass is 10.1. The lowest BCUT2D eigenvalue weighted by Gasteiger charge is -1.96. The van der Waals surface area contributed by atoms with E-state index in [9.17, 15) is 0 Å². The SMILES string of the molecule is Cc1[c]ncc(C)c1C#N. The first-order valence-electron chi connectivity index (χ1n) is 2.99. The molecule has 0 atom stereocenters. The van der Waals surface area contributed by atoms with Crippen LogP contribution in [-0.4, -0.2) is 4.98 Å². The molecule has 0 unspecified atom stereocenters. The summed E-state index contributed by atoms with van der Waals surface area (Å²) in [6.07, 6.45) is 4.36. The number of hydrogen-bond acceptors (Lipinski definition) is 2. The Kier molecular flexibility index (Phi) is 1.68. The fraction of sp³-hybridized carbons (Fsp3) is 0.250. The van der Waals surface area contributed by atoms with Gasteiger partial charge in [-0.1, -0.05) is 0 Å². The quantitative estimate of drug-likeness (QED) is 0.533. The summed E-state index contributed by atoms with van der Waals surface area (Å²) in [6, 6.07) is 2.09. The molecule has 0 aliphatic rings. The lowest BCUT2D eigenvalue weighted by Crippen LogP contribution is -1.88. The van der Waals surface area contributed by atoms with Crippen LogP contribution in [0.25, 0.3) is 0 Å². The van der Waals surface area contributed by atoms with Crippen molar-refractivity contribution in [3.8, 4) is 6.07 Å². The molecule has 0 aliphatic heterocycles. The number of nitrogens with zero attached hydrogens (tertiary/aromatic N) is 2. The van der Waals surface area contributed by atoms with Gasteiger partial charge in [0, 0.05) is 6.20 Å².